The number of nitrogens with one attached hydrogen (secondary N) is 1. The molecule has 0 spiro atoms. The van der Waals surface area contributed by atoms with E-state index in [2.05, 4.69) is 15.6 Å². The molecular weight excluding hydrogens is 292 g/mol. The highest BCUT2D eigenvalue weighted by molar-refractivity contribution is 5.88. The van der Waals surface area contributed by atoms with Gasteiger partial charge in [0.1, 0.15) is 17.1 Å². The van der Waals surface area contributed by atoms with Crippen LogP contribution in [0.25, 0.3) is 16.9 Å². The molecule has 23 heavy (non-hydrogen) atoms. The van der Waals surface area contributed by atoms with Crippen molar-refractivity contribution >= 4 is 11.6 Å². The van der Waals surface area contributed by atoms with E-state index in [1.54, 1.807) is 11.8 Å². The Bertz CT molecular complexity index is 825. The number of anilines is 1. The zero-order valence-electron chi connectivity index (χ0n) is 12.9. The van der Waals surface area contributed by atoms with Crippen LogP contribution >= 0.6 is 0 Å². The number of aromatic nitrogens is 3. The van der Waals surface area contributed by atoms with Crippen LogP contribution < -0.4 is 10.1 Å². The molecule has 3 rings (SSSR count). The van der Waals surface area contributed by atoms with Crippen LogP contribution in [0.1, 0.15) is 6.92 Å². The Labute approximate surface area is 133 Å². The van der Waals surface area contributed by atoms with E-state index >= 15 is 0 Å². The molecule has 1 aromatic heterocycles. The van der Waals surface area contributed by atoms with Crippen LogP contribution in [-0.4, -0.2) is 28.0 Å². The summed E-state index contributed by atoms with van der Waals surface area (Å²) in [5.74, 6) is 0.629. The molecule has 0 saturated heterocycles. The fourth-order valence-electron chi connectivity index (χ4n) is 2.26. The average molecular weight is 308 g/mol. The molecule has 0 radical (unpaired) electrons. The van der Waals surface area contributed by atoms with Crippen molar-refractivity contribution in [1.29, 1.82) is 0 Å². The van der Waals surface area contributed by atoms with E-state index < -0.39 is 0 Å². The zero-order valence-corrected chi connectivity index (χ0v) is 12.9. The quantitative estimate of drug-likeness (QED) is 0.804. The van der Waals surface area contributed by atoms with Gasteiger partial charge in [0, 0.05) is 18.2 Å². The van der Waals surface area contributed by atoms with E-state index in [-0.39, 0.29) is 5.91 Å². The number of hydrogen-bond donors (Lipinski definition) is 1. The summed E-state index contributed by atoms with van der Waals surface area (Å²) >= 11 is 0. The number of methoxy groups -OCH3 is 1. The van der Waals surface area contributed by atoms with Gasteiger partial charge in [-0.3, -0.25) is 4.79 Å². The minimum absolute atomic E-state index is 0.0973. The second-order valence-corrected chi connectivity index (χ2v) is 4.98. The monoisotopic (exact) mass is 308 g/mol. The van der Waals surface area contributed by atoms with Crippen LogP contribution in [-0.2, 0) is 4.79 Å². The summed E-state index contributed by atoms with van der Waals surface area (Å²) in [4.78, 5) is 11.0. The number of ether oxygens (including phenoxy) is 1. The van der Waals surface area contributed by atoms with E-state index in [0.29, 0.717) is 0 Å². The van der Waals surface area contributed by atoms with Crippen molar-refractivity contribution in [2.24, 2.45) is 0 Å². The Balaban J connectivity index is 1.88. The van der Waals surface area contributed by atoms with Crippen LogP contribution in [0.3, 0.4) is 0 Å². The molecule has 0 aliphatic carbocycles. The van der Waals surface area contributed by atoms with Crippen LogP contribution in [0.15, 0.2) is 54.7 Å². The highest BCUT2D eigenvalue weighted by atomic mass is 16.5. The van der Waals surface area contributed by atoms with Gasteiger partial charge in [0.2, 0.25) is 5.91 Å². The van der Waals surface area contributed by atoms with Gasteiger partial charge < -0.3 is 10.1 Å². The maximum Gasteiger partial charge on any atom is 0.221 e. The summed E-state index contributed by atoms with van der Waals surface area (Å²) in [6.45, 7) is 1.48. The number of benzene rings is 2. The molecule has 0 saturated carbocycles. The van der Waals surface area contributed by atoms with Gasteiger partial charge in [-0.25, -0.2) is 4.68 Å². The molecule has 1 amide bonds. The fourth-order valence-corrected chi connectivity index (χ4v) is 2.26. The highest BCUT2D eigenvalue weighted by Crippen LogP contribution is 2.24. The van der Waals surface area contributed by atoms with Gasteiger partial charge >= 0.3 is 0 Å². The Hall–Kier alpha value is -3.15. The first-order valence-corrected chi connectivity index (χ1v) is 7.11. The Morgan fingerprint density at radius 1 is 1.13 bits per heavy atom. The van der Waals surface area contributed by atoms with Gasteiger partial charge in [0.25, 0.3) is 0 Å². The standard InChI is InChI=1S/C17H16N4O2/c1-12(22)18-14-9-7-13(8-10-14)15-11-21(20-19-15)16-5-3-4-6-17(16)23-2/h3-11H,1-2H3,(H,18,22). The molecule has 6 heteroatoms. The molecular formula is C17H16N4O2. The molecule has 0 aliphatic heterocycles. The molecule has 116 valence electrons. The minimum Gasteiger partial charge on any atom is -0.494 e. The van der Waals surface area contributed by atoms with Gasteiger partial charge in [0.05, 0.1) is 13.3 Å². The molecule has 0 unspecified atom stereocenters. The molecule has 0 aliphatic rings. The zero-order chi connectivity index (χ0) is 16.2. The van der Waals surface area contributed by atoms with Crippen molar-refractivity contribution in [2.45, 2.75) is 6.92 Å². The topological polar surface area (TPSA) is 69.0 Å². The third kappa shape index (κ3) is 3.21. The van der Waals surface area contributed by atoms with Gasteiger partial charge in [-0.2, -0.15) is 0 Å². The second-order valence-electron chi connectivity index (χ2n) is 4.98. The maximum absolute atomic E-state index is 11.0. The van der Waals surface area contributed by atoms with Crippen LogP contribution in [0.4, 0.5) is 5.69 Å². The summed E-state index contributed by atoms with van der Waals surface area (Å²) in [6.07, 6.45) is 1.84. The van der Waals surface area contributed by atoms with Gasteiger partial charge in [0.15, 0.2) is 0 Å². The largest absolute Gasteiger partial charge is 0.494 e. The molecule has 0 fully saturated rings. The van der Waals surface area contributed by atoms with E-state index in [9.17, 15) is 4.79 Å². The highest BCUT2D eigenvalue weighted by Gasteiger charge is 2.09. The first-order chi connectivity index (χ1) is 11.2. The number of hydrogen-bond acceptors (Lipinski definition) is 4. The Morgan fingerprint density at radius 2 is 1.87 bits per heavy atom. The summed E-state index contributed by atoms with van der Waals surface area (Å²) in [7, 11) is 1.62. The number of amides is 1. The summed E-state index contributed by atoms with van der Waals surface area (Å²) in [6, 6.07) is 15.1. The van der Waals surface area contributed by atoms with E-state index in [0.717, 1.165) is 28.4 Å². The van der Waals surface area contributed by atoms with Crippen LogP contribution in [0.2, 0.25) is 0 Å². The SMILES string of the molecule is COc1ccccc1-n1cc(-c2ccc(NC(C)=O)cc2)nn1. The predicted octanol–water partition coefficient (Wildman–Crippen LogP) is 2.90. The fraction of sp³-hybridized carbons (Fsp3) is 0.118. The van der Waals surface area contributed by atoms with Crippen molar-refractivity contribution in [1.82, 2.24) is 15.0 Å². The van der Waals surface area contributed by atoms with Crippen molar-refractivity contribution in [3.63, 3.8) is 0 Å². The third-order valence-electron chi connectivity index (χ3n) is 3.33. The molecule has 6 nitrogen and oxygen atoms in total. The van der Waals surface area contributed by atoms with Gasteiger partial charge in [-0.15, -0.1) is 5.10 Å². The van der Waals surface area contributed by atoms with Crippen LogP contribution in [0.5, 0.6) is 5.75 Å². The van der Waals surface area contributed by atoms with Gasteiger partial charge in [-0.05, 0) is 24.3 Å². The maximum atomic E-state index is 11.0. The predicted molar refractivity (Wildman–Crippen MR) is 87.7 cm³/mol. The first-order valence-electron chi connectivity index (χ1n) is 7.11. The van der Waals surface area contributed by atoms with Crippen molar-refractivity contribution in [3.05, 3.63) is 54.7 Å². The second kappa shape index (κ2) is 6.31. The minimum atomic E-state index is -0.0973. The smallest absolute Gasteiger partial charge is 0.221 e. The Morgan fingerprint density at radius 3 is 2.57 bits per heavy atom. The van der Waals surface area contributed by atoms with E-state index in [1.165, 1.54) is 6.92 Å². The molecule has 0 bridgehead atoms. The van der Waals surface area contributed by atoms with Crippen LogP contribution in [0, 0.1) is 0 Å². The Kier molecular flexibility index (Phi) is 4.05. The van der Waals surface area contributed by atoms with Crippen molar-refractivity contribution < 1.29 is 9.53 Å². The molecule has 3 aromatic rings. The first kappa shape index (κ1) is 14.8. The molecule has 1 heterocycles. The molecule has 1 N–H and O–H groups in total. The van der Waals surface area contributed by atoms with Gasteiger partial charge in [-0.1, -0.05) is 29.5 Å². The van der Waals surface area contributed by atoms with E-state index in [4.69, 9.17) is 4.74 Å². The van der Waals surface area contributed by atoms with Crippen molar-refractivity contribution in [2.75, 3.05) is 12.4 Å². The lowest BCUT2D eigenvalue weighted by molar-refractivity contribution is -0.114. The average Bonchev–Trinajstić information content (AvgIpc) is 3.05. The summed E-state index contributed by atoms with van der Waals surface area (Å²) < 4.78 is 7.02. The summed E-state index contributed by atoms with van der Waals surface area (Å²) in [5.41, 5.74) is 3.23. The summed E-state index contributed by atoms with van der Waals surface area (Å²) in [5, 5.41) is 11.1. The lowest BCUT2D eigenvalue weighted by Gasteiger charge is -2.06. The number of para-hydroxylation sites is 2. The number of rotatable bonds is 4. The lowest BCUT2D eigenvalue weighted by Crippen LogP contribution is -2.05. The lowest BCUT2D eigenvalue weighted by atomic mass is 10.1. The van der Waals surface area contributed by atoms with E-state index in [1.807, 2.05) is 54.7 Å². The number of carbonyl (C=O) groups excluding carboxylic acids is 1. The number of nitrogens with zero attached hydrogens (tertiary/aromatic N) is 3. The normalized spacial score (nSPS) is 10.3. The number of carbonyl (C=O) groups is 1. The van der Waals surface area contributed by atoms with Crippen molar-refractivity contribution in [3.8, 4) is 22.7 Å². The third-order valence-corrected chi connectivity index (χ3v) is 3.33. The molecule has 2 aromatic carbocycles. The molecule has 0 atom stereocenters.